The summed E-state index contributed by atoms with van der Waals surface area (Å²) < 4.78 is 0. The van der Waals surface area contributed by atoms with Gasteiger partial charge < -0.3 is 10.8 Å². The number of aryl methyl sites for hydroxylation is 1. The van der Waals surface area contributed by atoms with Crippen LogP contribution in [0.15, 0.2) is 24.3 Å². The normalized spacial score (nSPS) is 11.1. The summed E-state index contributed by atoms with van der Waals surface area (Å²) in [6, 6.07) is 6.24. The molecule has 0 bridgehead atoms. The smallest absolute Gasteiger partial charge is 0.325 e. The van der Waals surface area contributed by atoms with Crippen LogP contribution in [0.2, 0.25) is 0 Å². The Morgan fingerprint density at radius 3 is 2.07 bits per heavy atom. The van der Waals surface area contributed by atoms with Gasteiger partial charge in [-0.3, -0.25) is 4.79 Å². The quantitative estimate of drug-likeness (QED) is 0.759. The van der Waals surface area contributed by atoms with Gasteiger partial charge in [-0.25, -0.2) is 0 Å². The summed E-state index contributed by atoms with van der Waals surface area (Å²) in [5.74, 6) is -1.00. The molecule has 0 radical (unpaired) electrons. The predicted molar refractivity (Wildman–Crippen MR) is 57.1 cm³/mol. The molecule has 1 aromatic carbocycles. The van der Waals surface area contributed by atoms with Gasteiger partial charge in [0, 0.05) is 0 Å². The Morgan fingerprint density at radius 1 is 1.29 bits per heavy atom. The predicted octanol–water partition coefficient (Wildman–Crippen LogP) is 2.11. The first kappa shape index (κ1) is 12.7. The van der Waals surface area contributed by atoms with E-state index < -0.39 is 12.0 Å². The lowest BCUT2D eigenvalue weighted by Gasteiger charge is -2.05. The van der Waals surface area contributed by atoms with Crippen LogP contribution < -0.4 is 5.73 Å². The van der Waals surface area contributed by atoms with Crippen LogP contribution in [0, 0.1) is 6.92 Å². The monoisotopic (exact) mass is 195 g/mol. The zero-order valence-electron chi connectivity index (χ0n) is 8.82. The van der Waals surface area contributed by atoms with E-state index in [4.69, 9.17) is 10.8 Å². The van der Waals surface area contributed by atoms with Crippen LogP contribution in [0.4, 0.5) is 0 Å². The van der Waals surface area contributed by atoms with E-state index >= 15 is 0 Å². The molecular formula is C11H17NO2. The summed E-state index contributed by atoms with van der Waals surface area (Å²) in [4.78, 5) is 10.5. The number of benzene rings is 1. The van der Waals surface area contributed by atoms with Gasteiger partial charge in [-0.05, 0) is 12.5 Å². The number of carboxylic acid groups (broad SMARTS) is 1. The van der Waals surface area contributed by atoms with Crippen molar-refractivity contribution in [1.82, 2.24) is 0 Å². The Bertz CT molecular complexity index is 280. The molecule has 1 rings (SSSR count). The third-order valence-electron chi connectivity index (χ3n) is 1.70. The fourth-order valence-corrected chi connectivity index (χ4v) is 0.916. The Hall–Kier alpha value is -1.35. The first-order valence-corrected chi connectivity index (χ1v) is 4.66. The van der Waals surface area contributed by atoms with Crippen molar-refractivity contribution in [3.05, 3.63) is 35.4 Å². The molecule has 78 valence electrons. The molecule has 0 fully saturated rings. The van der Waals surface area contributed by atoms with Gasteiger partial charge in [-0.1, -0.05) is 43.7 Å². The highest BCUT2D eigenvalue weighted by Crippen LogP contribution is 2.10. The minimum absolute atomic E-state index is 0.633. The van der Waals surface area contributed by atoms with Crippen LogP contribution in [0.25, 0.3) is 0 Å². The molecule has 0 aliphatic rings. The molecule has 0 saturated heterocycles. The van der Waals surface area contributed by atoms with Gasteiger partial charge in [0.25, 0.3) is 0 Å². The lowest BCUT2D eigenvalue weighted by Crippen LogP contribution is -2.20. The molecule has 0 aliphatic carbocycles. The molecular weight excluding hydrogens is 178 g/mol. The second kappa shape index (κ2) is 6.16. The third kappa shape index (κ3) is 3.58. The Morgan fingerprint density at radius 2 is 1.71 bits per heavy atom. The summed E-state index contributed by atoms with van der Waals surface area (Å²) in [6.45, 7) is 5.94. The Balaban J connectivity index is 0.000000791. The summed E-state index contributed by atoms with van der Waals surface area (Å²) in [5, 5.41) is 8.58. The van der Waals surface area contributed by atoms with Crippen molar-refractivity contribution in [3.63, 3.8) is 0 Å². The van der Waals surface area contributed by atoms with E-state index in [-0.39, 0.29) is 0 Å². The van der Waals surface area contributed by atoms with E-state index in [9.17, 15) is 4.79 Å². The van der Waals surface area contributed by atoms with Crippen LogP contribution in [0.5, 0.6) is 0 Å². The first-order valence-electron chi connectivity index (χ1n) is 4.66. The van der Waals surface area contributed by atoms with Crippen molar-refractivity contribution in [2.75, 3.05) is 0 Å². The summed E-state index contributed by atoms with van der Waals surface area (Å²) in [5.41, 5.74) is 7.11. The van der Waals surface area contributed by atoms with E-state index in [1.807, 2.05) is 32.9 Å². The number of rotatable bonds is 2. The minimum Gasteiger partial charge on any atom is -0.480 e. The molecule has 0 unspecified atom stereocenters. The summed E-state index contributed by atoms with van der Waals surface area (Å²) >= 11 is 0. The van der Waals surface area contributed by atoms with E-state index in [1.165, 1.54) is 0 Å². The highest BCUT2D eigenvalue weighted by molar-refractivity contribution is 5.75. The summed E-state index contributed by atoms with van der Waals surface area (Å²) in [7, 11) is 0. The molecule has 3 heteroatoms. The topological polar surface area (TPSA) is 63.3 Å². The lowest BCUT2D eigenvalue weighted by molar-refractivity contribution is -0.138. The van der Waals surface area contributed by atoms with Crippen molar-refractivity contribution in [3.8, 4) is 0 Å². The van der Waals surface area contributed by atoms with Gasteiger partial charge in [0.05, 0.1) is 0 Å². The van der Waals surface area contributed by atoms with Crippen LogP contribution in [0.1, 0.15) is 31.0 Å². The van der Waals surface area contributed by atoms with Crippen molar-refractivity contribution in [2.45, 2.75) is 26.8 Å². The molecule has 1 atom stereocenters. The van der Waals surface area contributed by atoms with E-state index in [1.54, 1.807) is 12.1 Å². The number of aliphatic carboxylic acids is 1. The molecule has 0 aliphatic heterocycles. The highest BCUT2D eigenvalue weighted by atomic mass is 16.4. The second-order valence-electron chi connectivity index (χ2n) is 2.73. The Labute approximate surface area is 84.6 Å². The molecule has 0 saturated carbocycles. The number of nitrogens with two attached hydrogens (primary N) is 1. The molecule has 0 spiro atoms. The summed E-state index contributed by atoms with van der Waals surface area (Å²) in [6.07, 6.45) is 0. The number of carbonyl (C=O) groups is 1. The van der Waals surface area contributed by atoms with Crippen LogP contribution in [-0.4, -0.2) is 11.1 Å². The van der Waals surface area contributed by atoms with Crippen LogP contribution in [-0.2, 0) is 4.79 Å². The van der Waals surface area contributed by atoms with Crippen molar-refractivity contribution >= 4 is 5.97 Å². The van der Waals surface area contributed by atoms with E-state index in [0.717, 1.165) is 5.56 Å². The van der Waals surface area contributed by atoms with Gasteiger partial charge >= 0.3 is 5.97 Å². The highest BCUT2D eigenvalue weighted by Gasteiger charge is 2.12. The lowest BCUT2D eigenvalue weighted by atomic mass is 10.1. The van der Waals surface area contributed by atoms with Gasteiger partial charge in [-0.15, -0.1) is 0 Å². The average Bonchev–Trinajstić information content (AvgIpc) is 2.21. The second-order valence-corrected chi connectivity index (χ2v) is 2.73. The number of hydrogen-bond donors (Lipinski definition) is 2. The maximum Gasteiger partial charge on any atom is 0.325 e. The minimum atomic E-state index is -1.00. The van der Waals surface area contributed by atoms with Crippen molar-refractivity contribution < 1.29 is 9.90 Å². The standard InChI is InChI=1S/C9H11NO2.C2H6/c1-6-2-4-7(5-3-6)8(10)9(11)12;1-2/h2-5,8H,10H2,1H3,(H,11,12);1-2H3/t8-;/m1./s1. The number of carboxylic acids is 1. The molecule has 1 aromatic rings. The largest absolute Gasteiger partial charge is 0.480 e. The van der Waals surface area contributed by atoms with E-state index in [2.05, 4.69) is 0 Å². The zero-order chi connectivity index (χ0) is 11.1. The molecule has 0 heterocycles. The van der Waals surface area contributed by atoms with E-state index in [0.29, 0.717) is 5.56 Å². The third-order valence-corrected chi connectivity index (χ3v) is 1.70. The average molecular weight is 195 g/mol. The first-order chi connectivity index (χ1) is 6.61. The van der Waals surface area contributed by atoms with Crippen LogP contribution in [0.3, 0.4) is 0 Å². The number of hydrogen-bond acceptors (Lipinski definition) is 2. The van der Waals surface area contributed by atoms with Crippen LogP contribution >= 0.6 is 0 Å². The van der Waals surface area contributed by atoms with Crippen molar-refractivity contribution in [2.24, 2.45) is 5.73 Å². The van der Waals surface area contributed by atoms with Crippen molar-refractivity contribution in [1.29, 1.82) is 0 Å². The van der Waals surface area contributed by atoms with Gasteiger partial charge in [0.1, 0.15) is 6.04 Å². The SMILES string of the molecule is CC.Cc1ccc([C@@H](N)C(=O)O)cc1. The molecule has 0 amide bonds. The fraction of sp³-hybridized carbons (Fsp3) is 0.364. The van der Waals surface area contributed by atoms with Gasteiger partial charge in [-0.2, -0.15) is 0 Å². The molecule has 14 heavy (non-hydrogen) atoms. The maximum atomic E-state index is 10.5. The maximum absolute atomic E-state index is 10.5. The van der Waals surface area contributed by atoms with Gasteiger partial charge in [0.15, 0.2) is 0 Å². The molecule has 0 aromatic heterocycles. The Kier molecular flexibility index (Phi) is 5.56. The van der Waals surface area contributed by atoms with Gasteiger partial charge in [0.2, 0.25) is 0 Å². The molecule has 3 nitrogen and oxygen atoms in total. The zero-order valence-corrected chi connectivity index (χ0v) is 8.82. The molecule has 3 N–H and O–H groups in total. The fourth-order valence-electron chi connectivity index (χ4n) is 0.916.